The van der Waals surface area contributed by atoms with Crippen LogP contribution in [0.15, 0.2) is 48.0 Å². The molecule has 2 aliphatic rings. The van der Waals surface area contributed by atoms with Gasteiger partial charge in [-0.1, -0.05) is 25.1 Å². The number of nitrogens with zero attached hydrogens (tertiary/aromatic N) is 2. The molecule has 0 radical (unpaired) electrons. The molecule has 0 bridgehead atoms. The third-order valence-electron chi connectivity index (χ3n) is 5.73. The quantitative estimate of drug-likeness (QED) is 0.463. The van der Waals surface area contributed by atoms with Crippen LogP contribution in [0, 0.1) is 6.92 Å². The van der Waals surface area contributed by atoms with Gasteiger partial charge in [0.05, 0.1) is 5.69 Å². The van der Waals surface area contributed by atoms with Crippen LogP contribution in [0.1, 0.15) is 36.5 Å². The van der Waals surface area contributed by atoms with Gasteiger partial charge in [-0.25, -0.2) is 0 Å². The van der Waals surface area contributed by atoms with Gasteiger partial charge < -0.3 is 4.90 Å². The number of carbonyl (C=O) groups is 2. The summed E-state index contributed by atoms with van der Waals surface area (Å²) in [5.41, 5.74) is 4.97. The van der Waals surface area contributed by atoms with E-state index in [0.717, 1.165) is 30.6 Å². The predicted molar refractivity (Wildman–Crippen MR) is 125 cm³/mol. The van der Waals surface area contributed by atoms with E-state index < -0.39 is 11.8 Å². The van der Waals surface area contributed by atoms with Crippen LogP contribution in [0.4, 0.5) is 11.4 Å². The Bertz CT molecular complexity index is 1040. The molecule has 2 heterocycles. The van der Waals surface area contributed by atoms with E-state index in [1.165, 1.54) is 29.0 Å². The summed E-state index contributed by atoms with van der Waals surface area (Å²) in [5, 5.41) is 2.76. The van der Waals surface area contributed by atoms with Gasteiger partial charge in [0.25, 0.3) is 11.8 Å². The summed E-state index contributed by atoms with van der Waals surface area (Å²) < 4.78 is 0. The van der Waals surface area contributed by atoms with E-state index in [0.29, 0.717) is 5.69 Å². The smallest absolute Gasteiger partial charge is 0.270 e. The third-order valence-corrected chi connectivity index (χ3v) is 6.01. The van der Waals surface area contributed by atoms with Crippen molar-refractivity contribution in [2.75, 3.05) is 22.9 Å². The van der Waals surface area contributed by atoms with Gasteiger partial charge in [0.1, 0.15) is 5.57 Å². The molecule has 0 aliphatic carbocycles. The summed E-state index contributed by atoms with van der Waals surface area (Å²) in [4.78, 5) is 29.5. The fourth-order valence-corrected chi connectivity index (χ4v) is 4.20. The van der Waals surface area contributed by atoms with Crippen LogP contribution in [0.2, 0.25) is 0 Å². The Kier molecular flexibility index (Phi) is 5.68. The number of hydrogen-bond acceptors (Lipinski definition) is 4. The molecule has 0 unspecified atom stereocenters. The Hall–Kier alpha value is -2.99. The minimum Gasteiger partial charge on any atom is -0.372 e. The van der Waals surface area contributed by atoms with Crippen LogP contribution >= 0.6 is 12.2 Å². The molecule has 2 fully saturated rings. The standard InChI is InChI=1S/C24H25N3O2S/c1-3-17-6-9-19(10-7-17)27-23(29)21(22(28)25-24(27)30)15-18-8-11-20(14-16(18)2)26-12-4-5-13-26/h6-11,14-15H,3-5,12-13H2,1-2H3,(H,25,28,30)/b21-15+. The zero-order chi connectivity index (χ0) is 21.3. The van der Waals surface area contributed by atoms with Crippen molar-refractivity contribution in [1.29, 1.82) is 0 Å². The second kappa shape index (κ2) is 8.40. The summed E-state index contributed by atoms with van der Waals surface area (Å²) in [6.45, 7) is 6.22. The van der Waals surface area contributed by atoms with Crippen molar-refractivity contribution in [3.8, 4) is 0 Å². The zero-order valence-corrected chi connectivity index (χ0v) is 18.1. The highest BCUT2D eigenvalue weighted by Gasteiger charge is 2.34. The maximum Gasteiger partial charge on any atom is 0.270 e. The molecule has 2 aliphatic heterocycles. The van der Waals surface area contributed by atoms with Crippen molar-refractivity contribution >= 4 is 46.6 Å². The van der Waals surface area contributed by atoms with Gasteiger partial charge in [-0.15, -0.1) is 0 Å². The van der Waals surface area contributed by atoms with Crippen LogP contribution in [0.25, 0.3) is 6.08 Å². The Balaban J connectivity index is 1.65. The lowest BCUT2D eigenvalue weighted by atomic mass is 10.0. The molecule has 2 amide bonds. The van der Waals surface area contributed by atoms with Crippen LogP contribution < -0.4 is 15.1 Å². The van der Waals surface area contributed by atoms with Crippen molar-refractivity contribution in [1.82, 2.24) is 5.32 Å². The molecule has 2 saturated heterocycles. The normalized spacial score (nSPS) is 18.3. The molecule has 2 aromatic rings. The van der Waals surface area contributed by atoms with E-state index in [4.69, 9.17) is 12.2 Å². The van der Waals surface area contributed by atoms with E-state index >= 15 is 0 Å². The first-order valence-corrected chi connectivity index (χ1v) is 10.7. The number of carbonyl (C=O) groups excluding carboxylic acids is 2. The van der Waals surface area contributed by atoms with Crippen LogP contribution in [0.5, 0.6) is 0 Å². The number of aryl methyl sites for hydroxylation is 2. The summed E-state index contributed by atoms with van der Waals surface area (Å²) in [6, 6.07) is 13.8. The Morgan fingerprint density at radius 2 is 1.70 bits per heavy atom. The molecule has 0 aromatic heterocycles. The van der Waals surface area contributed by atoms with Crippen LogP contribution in [-0.2, 0) is 16.0 Å². The molecule has 4 rings (SSSR count). The van der Waals surface area contributed by atoms with Crippen molar-refractivity contribution in [2.45, 2.75) is 33.1 Å². The Labute approximate surface area is 182 Å². The van der Waals surface area contributed by atoms with Crippen molar-refractivity contribution in [2.24, 2.45) is 0 Å². The molecular weight excluding hydrogens is 394 g/mol. The zero-order valence-electron chi connectivity index (χ0n) is 17.3. The fraction of sp³-hybridized carbons (Fsp3) is 0.292. The van der Waals surface area contributed by atoms with Gasteiger partial charge in [0, 0.05) is 18.8 Å². The van der Waals surface area contributed by atoms with E-state index in [9.17, 15) is 9.59 Å². The van der Waals surface area contributed by atoms with Crippen molar-refractivity contribution in [3.05, 3.63) is 64.7 Å². The van der Waals surface area contributed by atoms with Gasteiger partial charge in [-0.05, 0) is 85.4 Å². The molecule has 2 aromatic carbocycles. The number of hydrogen-bond donors (Lipinski definition) is 1. The van der Waals surface area contributed by atoms with Gasteiger partial charge >= 0.3 is 0 Å². The van der Waals surface area contributed by atoms with Crippen molar-refractivity contribution in [3.63, 3.8) is 0 Å². The maximum absolute atomic E-state index is 13.2. The SMILES string of the molecule is CCc1ccc(N2C(=O)/C(=C/c3ccc(N4CCCC4)cc3C)C(=O)NC2=S)cc1. The van der Waals surface area contributed by atoms with Crippen molar-refractivity contribution < 1.29 is 9.59 Å². The van der Waals surface area contributed by atoms with Crippen LogP contribution in [0.3, 0.4) is 0 Å². The monoisotopic (exact) mass is 419 g/mol. The number of amides is 2. The number of thiocarbonyl (C=S) groups is 1. The lowest BCUT2D eigenvalue weighted by Gasteiger charge is -2.29. The summed E-state index contributed by atoms with van der Waals surface area (Å²) in [6.07, 6.45) is 5.01. The second-order valence-electron chi connectivity index (χ2n) is 7.71. The molecule has 0 saturated carbocycles. The highest BCUT2D eigenvalue weighted by atomic mass is 32.1. The second-order valence-corrected chi connectivity index (χ2v) is 8.10. The maximum atomic E-state index is 13.2. The highest BCUT2D eigenvalue weighted by Crippen LogP contribution is 2.26. The Morgan fingerprint density at radius 1 is 1.03 bits per heavy atom. The first kappa shape index (κ1) is 20.3. The topological polar surface area (TPSA) is 52.7 Å². The summed E-state index contributed by atoms with van der Waals surface area (Å²) >= 11 is 5.29. The molecular formula is C24H25N3O2S. The fourth-order valence-electron chi connectivity index (χ4n) is 3.92. The molecule has 1 N–H and O–H groups in total. The third kappa shape index (κ3) is 3.87. The average Bonchev–Trinajstić information content (AvgIpc) is 3.27. The van der Waals surface area contributed by atoms with E-state index in [-0.39, 0.29) is 10.7 Å². The van der Waals surface area contributed by atoms with Crippen LogP contribution in [-0.4, -0.2) is 30.0 Å². The highest BCUT2D eigenvalue weighted by molar-refractivity contribution is 7.80. The summed E-state index contributed by atoms with van der Waals surface area (Å²) in [5.74, 6) is -0.870. The van der Waals surface area contributed by atoms with E-state index in [1.807, 2.05) is 37.3 Å². The van der Waals surface area contributed by atoms with Gasteiger partial charge in [0.2, 0.25) is 0 Å². The predicted octanol–water partition coefficient (Wildman–Crippen LogP) is 3.99. The van der Waals surface area contributed by atoms with E-state index in [1.54, 1.807) is 6.08 Å². The van der Waals surface area contributed by atoms with Gasteiger partial charge in [-0.3, -0.25) is 19.8 Å². The number of rotatable bonds is 4. The molecule has 30 heavy (non-hydrogen) atoms. The molecule has 5 nitrogen and oxygen atoms in total. The first-order valence-electron chi connectivity index (χ1n) is 10.3. The number of anilines is 2. The van der Waals surface area contributed by atoms with Gasteiger partial charge in [0.15, 0.2) is 5.11 Å². The minimum atomic E-state index is -0.463. The first-order chi connectivity index (χ1) is 14.5. The summed E-state index contributed by atoms with van der Waals surface area (Å²) in [7, 11) is 0. The minimum absolute atomic E-state index is 0.0835. The number of benzene rings is 2. The lowest BCUT2D eigenvalue weighted by molar-refractivity contribution is -0.122. The largest absolute Gasteiger partial charge is 0.372 e. The van der Waals surface area contributed by atoms with Gasteiger partial charge in [-0.2, -0.15) is 0 Å². The number of nitrogens with one attached hydrogen (secondary N) is 1. The molecule has 0 spiro atoms. The Morgan fingerprint density at radius 3 is 2.33 bits per heavy atom. The average molecular weight is 420 g/mol. The molecule has 154 valence electrons. The molecule has 0 atom stereocenters. The molecule has 6 heteroatoms. The van der Waals surface area contributed by atoms with E-state index in [2.05, 4.69) is 29.3 Å². The lowest BCUT2D eigenvalue weighted by Crippen LogP contribution is -2.54.